The SMILES string of the molecule is CC(C)(C)c1cc(-c2[c-]c(-c3nc4ccccc4n3-c3ccccc3)cc(C(C)(C)C)c2)[c-]c(-c2cc(C(C)(C)C)cc3c2[n-]c2ccc(C(C)(C)C)cc23)c1.[Au+3]. The maximum absolute atomic E-state index is 5.35. The Morgan fingerprint density at radius 2 is 1.00 bits per heavy atom. The van der Waals surface area contributed by atoms with E-state index in [0.29, 0.717) is 0 Å². The third-order valence-electron chi connectivity index (χ3n) is 11.2. The number of aromatic nitrogens is 3. The summed E-state index contributed by atoms with van der Waals surface area (Å²) >= 11 is 0. The van der Waals surface area contributed by atoms with Crippen molar-refractivity contribution in [3.63, 3.8) is 0 Å². The molecule has 0 atom stereocenters. The fraction of sp³-hybridized carbons (Fsp3) is 0.302. The number of benzene rings is 6. The molecule has 4 heteroatoms. The van der Waals surface area contributed by atoms with Gasteiger partial charge in [-0.1, -0.05) is 155 Å². The molecule has 0 amide bonds. The van der Waals surface area contributed by atoms with E-state index >= 15 is 0 Å². The third kappa shape index (κ3) is 7.70. The van der Waals surface area contributed by atoms with Crippen molar-refractivity contribution in [1.29, 1.82) is 0 Å². The molecule has 57 heavy (non-hydrogen) atoms. The van der Waals surface area contributed by atoms with Crippen LogP contribution in [0.5, 0.6) is 0 Å². The minimum absolute atomic E-state index is 0. The second-order valence-electron chi connectivity index (χ2n) is 19.8. The number of hydrogen-bond acceptors (Lipinski definition) is 1. The van der Waals surface area contributed by atoms with Gasteiger partial charge < -0.3 is 9.55 Å². The van der Waals surface area contributed by atoms with Gasteiger partial charge in [0.15, 0.2) is 0 Å². The second kappa shape index (κ2) is 14.3. The normalized spacial score (nSPS) is 12.8. The van der Waals surface area contributed by atoms with Crippen molar-refractivity contribution in [2.75, 3.05) is 0 Å². The molecule has 8 aromatic rings. The average molecular weight is 930 g/mol. The minimum atomic E-state index is -0.120. The fourth-order valence-electron chi connectivity index (χ4n) is 7.64. The topological polar surface area (TPSA) is 31.9 Å². The van der Waals surface area contributed by atoms with Crippen molar-refractivity contribution >= 4 is 32.8 Å². The van der Waals surface area contributed by atoms with Crippen LogP contribution in [0.2, 0.25) is 0 Å². The predicted molar refractivity (Wildman–Crippen MR) is 238 cm³/mol. The van der Waals surface area contributed by atoms with Crippen LogP contribution in [0.3, 0.4) is 0 Å². The first-order valence-electron chi connectivity index (χ1n) is 20.0. The number of imidazole rings is 1. The van der Waals surface area contributed by atoms with E-state index in [0.717, 1.165) is 61.4 Å². The molecule has 0 spiro atoms. The van der Waals surface area contributed by atoms with Gasteiger partial charge in [-0.25, -0.2) is 0 Å². The zero-order valence-corrected chi connectivity index (χ0v) is 37.7. The molecular formula is C53H54AuN3. The first kappa shape index (κ1) is 40.5. The first-order chi connectivity index (χ1) is 26.3. The molecule has 2 heterocycles. The summed E-state index contributed by atoms with van der Waals surface area (Å²) < 4.78 is 2.27. The Bertz CT molecular complexity index is 2770. The molecule has 0 saturated heterocycles. The number of hydrogen-bond donors (Lipinski definition) is 0. The van der Waals surface area contributed by atoms with E-state index in [2.05, 4.69) is 209 Å². The quantitative estimate of drug-likeness (QED) is 0.130. The average Bonchev–Trinajstić information content (AvgIpc) is 3.72. The molecule has 0 aliphatic carbocycles. The van der Waals surface area contributed by atoms with Gasteiger partial charge in [-0.3, -0.25) is 4.98 Å². The Morgan fingerprint density at radius 3 is 1.61 bits per heavy atom. The molecule has 292 valence electrons. The van der Waals surface area contributed by atoms with Crippen molar-refractivity contribution < 1.29 is 22.4 Å². The monoisotopic (exact) mass is 929 g/mol. The summed E-state index contributed by atoms with van der Waals surface area (Å²) in [5.74, 6) is 0.874. The van der Waals surface area contributed by atoms with Crippen molar-refractivity contribution in [3.8, 4) is 39.3 Å². The molecule has 2 aromatic heterocycles. The van der Waals surface area contributed by atoms with Gasteiger partial charge in [0.2, 0.25) is 0 Å². The van der Waals surface area contributed by atoms with Crippen molar-refractivity contribution in [3.05, 3.63) is 144 Å². The molecule has 3 nitrogen and oxygen atoms in total. The van der Waals surface area contributed by atoms with Gasteiger partial charge in [0.05, 0.1) is 16.9 Å². The van der Waals surface area contributed by atoms with Crippen LogP contribution in [-0.2, 0) is 44.0 Å². The molecule has 8 rings (SSSR count). The van der Waals surface area contributed by atoms with E-state index in [9.17, 15) is 0 Å². The summed E-state index contributed by atoms with van der Waals surface area (Å²) in [6.45, 7) is 27.5. The van der Waals surface area contributed by atoms with E-state index in [1.807, 2.05) is 0 Å². The molecule has 0 aliphatic heterocycles. The van der Waals surface area contributed by atoms with Crippen LogP contribution >= 0.6 is 0 Å². The summed E-state index contributed by atoms with van der Waals surface area (Å²) in [5.41, 5.74) is 15.1. The Balaban J connectivity index is 0.00000496. The van der Waals surface area contributed by atoms with Gasteiger partial charge in [-0.2, -0.15) is 40.9 Å². The molecule has 0 fully saturated rings. The van der Waals surface area contributed by atoms with Crippen LogP contribution in [0.4, 0.5) is 0 Å². The maximum Gasteiger partial charge on any atom is 3.00 e. The maximum atomic E-state index is 5.35. The van der Waals surface area contributed by atoms with Crippen LogP contribution in [0.1, 0.15) is 105 Å². The molecule has 0 aliphatic rings. The van der Waals surface area contributed by atoms with Gasteiger partial charge in [0.1, 0.15) is 0 Å². The van der Waals surface area contributed by atoms with E-state index in [4.69, 9.17) is 9.97 Å². The predicted octanol–water partition coefficient (Wildman–Crippen LogP) is 14.1. The smallest absolute Gasteiger partial charge is 0.663 e. The zero-order valence-electron chi connectivity index (χ0n) is 35.5. The molecule has 0 saturated carbocycles. The fourth-order valence-corrected chi connectivity index (χ4v) is 7.64. The largest absolute Gasteiger partial charge is 3.00 e. The number of fused-ring (bicyclic) bond motifs is 4. The molecule has 0 N–H and O–H groups in total. The van der Waals surface area contributed by atoms with E-state index in [1.165, 1.54) is 33.0 Å². The molecular weight excluding hydrogens is 876 g/mol. The van der Waals surface area contributed by atoms with E-state index < -0.39 is 0 Å². The Hall–Kier alpha value is -4.67. The number of para-hydroxylation sites is 3. The summed E-state index contributed by atoms with van der Waals surface area (Å²) in [6, 6.07) is 47.6. The third-order valence-corrected chi connectivity index (χ3v) is 11.2. The molecule has 0 radical (unpaired) electrons. The second-order valence-corrected chi connectivity index (χ2v) is 19.8. The number of rotatable bonds is 4. The van der Waals surface area contributed by atoms with Gasteiger partial charge in [-0.15, -0.1) is 34.3 Å². The van der Waals surface area contributed by atoms with Gasteiger partial charge >= 0.3 is 22.4 Å². The van der Waals surface area contributed by atoms with E-state index in [-0.39, 0.29) is 44.0 Å². The van der Waals surface area contributed by atoms with Crippen molar-refractivity contribution in [1.82, 2.24) is 14.5 Å². The standard InChI is InChI=1S/C53H54N3.Au/c1-50(2,3)37-22-23-45-43(30-37)44-32-40(53(10,11)12)31-42(48(44)54-45)35-24-33(26-38(28-35)51(4,5)6)34-25-36(29-39(27-34)52(7,8)9)49-55-46-20-16-17-21-47(46)56(49)41-18-14-13-15-19-41;/h13-23,26-32H,1-12H3;/q-3;+3. The van der Waals surface area contributed by atoms with Gasteiger partial charge in [0, 0.05) is 5.69 Å². The van der Waals surface area contributed by atoms with Crippen LogP contribution < -0.4 is 4.98 Å². The Morgan fingerprint density at radius 1 is 0.491 bits per heavy atom. The Kier molecular flexibility index (Phi) is 10.2. The summed E-state index contributed by atoms with van der Waals surface area (Å²) in [6.07, 6.45) is 0. The molecule has 0 bridgehead atoms. The van der Waals surface area contributed by atoms with Crippen LogP contribution in [0.15, 0.2) is 109 Å². The van der Waals surface area contributed by atoms with Crippen LogP contribution in [0, 0.1) is 12.1 Å². The van der Waals surface area contributed by atoms with Crippen molar-refractivity contribution in [2.24, 2.45) is 0 Å². The minimum Gasteiger partial charge on any atom is -0.663 e. The van der Waals surface area contributed by atoms with Gasteiger partial charge in [-0.05, 0) is 67.8 Å². The molecule has 0 unspecified atom stereocenters. The van der Waals surface area contributed by atoms with E-state index in [1.54, 1.807) is 0 Å². The van der Waals surface area contributed by atoms with Crippen LogP contribution in [0.25, 0.3) is 72.2 Å². The zero-order chi connectivity index (χ0) is 39.9. The Labute approximate surface area is 355 Å². The van der Waals surface area contributed by atoms with Crippen molar-refractivity contribution in [2.45, 2.75) is 105 Å². The van der Waals surface area contributed by atoms with Crippen LogP contribution in [-0.4, -0.2) is 9.55 Å². The van der Waals surface area contributed by atoms with Gasteiger partial charge in [0.25, 0.3) is 0 Å². The summed E-state index contributed by atoms with van der Waals surface area (Å²) in [4.78, 5) is 10.6. The molecule has 6 aromatic carbocycles. The summed E-state index contributed by atoms with van der Waals surface area (Å²) in [7, 11) is 0. The summed E-state index contributed by atoms with van der Waals surface area (Å²) in [5, 5.41) is 2.41. The first-order valence-corrected chi connectivity index (χ1v) is 20.0. The number of nitrogens with zero attached hydrogens (tertiary/aromatic N) is 3.